The van der Waals surface area contributed by atoms with Gasteiger partial charge in [-0.3, -0.25) is 9.78 Å². The number of anilines is 1. The summed E-state index contributed by atoms with van der Waals surface area (Å²) in [4.78, 5) is 16.5. The van der Waals surface area contributed by atoms with Crippen molar-refractivity contribution < 1.29 is 4.79 Å². The molecule has 1 aromatic carbocycles. The van der Waals surface area contributed by atoms with Crippen LogP contribution in [0.1, 0.15) is 54.4 Å². The summed E-state index contributed by atoms with van der Waals surface area (Å²) >= 11 is 0. The van der Waals surface area contributed by atoms with Gasteiger partial charge in [-0.05, 0) is 37.3 Å². The number of amides is 1. The molecule has 4 nitrogen and oxygen atoms in total. The highest BCUT2D eigenvalue weighted by atomic mass is 16.1. The zero-order chi connectivity index (χ0) is 17.3. The van der Waals surface area contributed by atoms with Crippen LogP contribution in [-0.2, 0) is 6.42 Å². The van der Waals surface area contributed by atoms with Crippen molar-refractivity contribution >= 4 is 11.6 Å². The quantitative estimate of drug-likeness (QED) is 0.745. The Morgan fingerprint density at radius 1 is 1.08 bits per heavy atom. The number of nitrogens with zero attached hydrogens (tertiary/aromatic N) is 1. The molecular formula is C21H27N3O. The van der Waals surface area contributed by atoms with E-state index in [4.69, 9.17) is 0 Å². The van der Waals surface area contributed by atoms with Crippen molar-refractivity contribution in [2.45, 2.75) is 51.0 Å². The molecule has 0 radical (unpaired) electrons. The van der Waals surface area contributed by atoms with E-state index in [1.165, 1.54) is 37.7 Å². The fraction of sp³-hybridized carbons (Fsp3) is 0.429. The topological polar surface area (TPSA) is 54.0 Å². The molecule has 3 rings (SSSR count). The van der Waals surface area contributed by atoms with Gasteiger partial charge in [0.25, 0.3) is 5.91 Å². The first kappa shape index (κ1) is 17.5. The van der Waals surface area contributed by atoms with E-state index in [9.17, 15) is 4.79 Å². The van der Waals surface area contributed by atoms with Crippen LogP contribution in [0.15, 0.2) is 48.8 Å². The van der Waals surface area contributed by atoms with Crippen LogP contribution in [0.2, 0.25) is 0 Å². The highest BCUT2D eigenvalue weighted by Crippen LogP contribution is 2.21. The van der Waals surface area contributed by atoms with Crippen molar-refractivity contribution in [3.63, 3.8) is 0 Å². The third kappa shape index (κ3) is 5.59. The fourth-order valence-corrected chi connectivity index (χ4v) is 3.37. The lowest BCUT2D eigenvalue weighted by molar-refractivity contribution is 0.0953. The Labute approximate surface area is 150 Å². The van der Waals surface area contributed by atoms with Gasteiger partial charge in [0.1, 0.15) is 0 Å². The predicted molar refractivity (Wildman–Crippen MR) is 102 cm³/mol. The minimum absolute atomic E-state index is 0.0483. The zero-order valence-corrected chi connectivity index (χ0v) is 14.7. The first-order chi connectivity index (χ1) is 12.3. The smallest absolute Gasteiger partial charge is 0.252 e. The second-order valence-corrected chi connectivity index (χ2v) is 6.79. The van der Waals surface area contributed by atoms with Crippen molar-refractivity contribution in [2.24, 2.45) is 0 Å². The lowest BCUT2D eigenvalue weighted by atomic mass is 9.95. The number of pyridine rings is 1. The average Bonchev–Trinajstić information content (AvgIpc) is 2.67. The SMILES string of the molecule is O=C(NCCCc1ccccc1)c1cncc(NC2CCCCC2)c1. The van der Waals surface area contributed by atoms with Gasteiger partial charge in [0.05, 0.1) is 11.3 Å². The summed E-state index contributed by atoms with van der Waals surface area (Å²) in [6.45, 7) is 0.675. The Morgan fingerprint density at radius 2 is 1.88 bits per heavy atom. The van der Waals surface area contributed by atoms with Crippen LogP contribution in [0.4, 0.5) is 5.69 Å². The van der Waals surface area contributed by atoms with Gasteiger partial charge in [0.15, 0.2) is 0 Å². The fourth-order valence-electron chi connectivity index (χ4n) is 3.37. The standard InChI is InChI=1S/C21H27N3O/c25-21(23-13-7-10-17-8-3-1-4-9-17)18-14-20(16-22-15-18)24-19-11-5-2-6-12-19/h1,3-4,8-9,14-16,19,24H,2,5-7,10-13H2,(H,23,25). The summed E-state index contributed by atoms with van der Waals surface area (Å²) in [5.74, 6) is -0.0483. The molecule has 1 heterocycles. The zero-order valence-electron chi connectivity index (χ0n) is 14.7. The summed E-state index contributed by atoms with van der Waals surface area (Å²) < 4.78 is 0. The van der Waals surface area contributed by atoms with Crippen LogP contribution in [0, 0.1) is 0 Å². The van der Waals surface area contributed by atoms with Crippen LogP contribution in [0.5, 0.6) is 0 Å². The van der Waals surface area contributed by atoms with Crippen LogP contribution in [0.25, 0.3) is 0 Å². The van der Waals surface area contributed by atoms with Gasteiger partial charge < -0.3 is 10.6 Å². The molecule has 25 heavy (non-hydrogen) atoms. The van der Waals surface area contributed by atoms with Crippen molar-refractivity contribution in [3.05, 3.63) is 59.9 Å². The molecule has 132 valence electrons. The van der Waals surface area contributed by atoms with Crippen LogP contribution in [-0.4, -0.2) is 23.5 Å². The molecule has 0 bridgehead atoms. The lowest BCUT2D eigenvalue weighted by Crippen LogP contribution is -2.26. The molecule has 1 aromatic heterocycles. The van der Waals surface area contributed by atoms with Gasteiger partial charge in [0.2, 0.25) is 0 Å². The third-order valence-electron chi connectivity index (χ3n) is 4.75. The van der Waals surface area contributed by atoms with Gasteiger partial charge in [-0.2, -0.15) is 0 Å². The maximum Gasteiger partial charge on any atom is 0.252 e. The first-order valence-corrected chi connectivity index (χ1v) is 9.35. The highest BCUT2D eigenvalue weighted by molar-refractivity contribution is 5.94. The van der Waals surface area contributed by atoms with Crippen molar-refractivity contribution in [3.8, 4) is 0 Å². The number of hydrogen-bond donors (Lipinski definition) is 2. The minimum atomic E-state index is -0.0483. The number of hydrogen-bond acceptors (Lipinski definition) is 3. The second kappa shape index (κ2) is 9.21. The molecule has 0 saturated heterocycles. The highest BCUT2D eigenvalue weighted by Gasteiger charge is 2.14. The molecule has 0 aliphatic heterocycles. The van der Waals surface area contributed by atoms with Crippen LogP contribution >= 0.6 is 0 Å². The van der Waals surface area contributed by atoms with Gasteiger partial charge in [-0.1, -0.05) is 49.6 Å². The molecular weight excluding hydrogens is 310 g/mol. The number of benzene rings is 1. The maximum absolute atomic E-state index is 12.3. The molecule has 1 aliphatic carbocycles. The molecule has 0 unspecified atom stereocenters. The van der Waals surface area contributed by atoms with Crippen molar-refractivity contribution in [2.75, 3.05) is 11.9 Å². The van der Waals surface area contributed by atoms with E-state index in [0.717, 1.165) is 18.5 Å². The van der Waals surface area contributed by atoms with Gasteiger partial charge >= 0.3 is 0 Å². The molecule has 1 amide bonds. The molecule has 2 N–H and O–H groups in total. The molecule has 0 atom stereocenters. The predicted octanol–water partition coefficient (Wildman–Crippen LogP) is 4.19. The number of aromatic nitrogens is 1. The summed E-state index contributed by atoms with van der Waals surface area (Å²) in [7, 11) is 0. The molecule has 0 spiro atoms. The van der Waals surface area contributed by atoms with Crippen LogP contribution < -0.4 is 10.6 Å². The largest absolute Gasteiger partial charge is 0.381 e. The van der Waals surface area contributed by atoms with Crippen molar-refractivity contribution in [1.29, 1.82) is 0 Å². The normalized spacial score (nSPS) is 14.9. The molecule has 2 aromatic rings. The summed E-state index contributed by atoms with van der Waals surface area (Å²) in [5.41, 5.74) is 2.88. The molecule has 1 saturated carbocycles. The molecule has 4 heteroatoms. The maximum atomic E-state index is 12.3. The number of carbonyl (C=O) groups is 1. The van der Waals surface area contributed by atoms with Crippen LogP contribution in [0.3, 0.4) is 0 Å². The number of rotatable bonds is 7. The summed E-state index contributed by atoms with van der Waals surface area (Å²) in [6.07, 6.45) is 11.7. The Bertz CT molecular complexity index is 666. The van der Waals surface area contributed by atoms with Gasteiger partial charge in [-0.15, -0.1) is 0 Å². The molecule has 1 aliphatic rings. The van der Waals surface area contributed by atoms with Gasteiger partial charge in [-0.25, -0.2) is 0 Å². The average molecular weight is 337 g/mol. The van der Waals surface area contributed by atoms with E-state index in [1.807, 2.05) is 24.3 Å². The first-order valence-electron chi connectivity index (χ1n) is 9.35. The van der Waals surface area contributed by atoms with E-state index in [0.29, 0.717) is 18.2 Å². The summed E-state index contributed by atoms with van der Waals surface area (Å²) in [5, 5.41) is 6.52. The number of aryl methyl sites for hydroxylation is 1. The minimum Gasteiger partial charge on any atom is -0.381 e. The molecule has 1 fully saturated rings. The Balaban J connectivity index is 1.45. The Kier molecular flexibility index (Phi) is 6.43. The van der Waals surface area contributed by atoms with E-state index in [2.05, 4.69) is 27.8 Å². The van der Waals surface area contributed by atoms with E-state index in [1.54, 1.807) is 12.4 Å². The summed E-state index contributed by atoms with van der Waals surface area (Å²) in [6, 6.07) is 12.8. The van der Waals surface area contributed by atoms with E-state index < -0.39 is 0 Å². The van der Waals surface area contributed by atoms with E-state index in [-0.39, 0.29) is 5.91 Å². The third-order valence-corrected chi connectivity index (χ3v) is 4.75. The Morgan fingerprint density at radius 3 is 2.68 bits per heavy atom. The second-order valence-electron chi connectivity index (χ2n) is 6.79. The Hall–Kier alpha value is -2.36. The lowest BCUT2D eigenvalue weighted by Gasteiger charge is -2.23. The van der Waals surface area contributed by atoms with Gasteiger partial charge in [0, 0.05) is 25.0 Å². The number of nitrogens with one attached hydrogen (secondary N) is 2. The van der Waals surface area contributed by atoms with Crippen molar-refractivity contribution in [1.82, 2.24) is 10.3 Å². The van der Waals surface area contributed by atoms with E-state index >= 15 is 0 Å². The monoisotopic (exact) mass is 337 g/mol. The number of carbonyl (C=O) groups excluding carboxylic acids is 1.